The Hall–Kier alpha value is -7.36. The zero-order valence-corrected chi connectivity index (χ0v) is 47.8. The van der Waals surface area contributed by atoms with Crippen LogP contribution >= 0.6 is 0 Å². The Balaban J connectivity index is 1.06. The third kappa shape index (κ3) is 6.62. The molecule has 0 saturated heterocycles. The van der Waals surface area contributed by atoms with E-state index in [2.05, 4.69) is 275 Å². The summed E-state index contributed by atoms with van der Waals surface area (Å²) in [5.41, 5.74) is 29.7. The highest BCUT2D eigenvalue weighted by Gasteiger charge is 2.45. The van der Waals surface area contributed by atoms with Crippen molar-refractivity contribution in [3.05, 3.63) is 225 Å². The van der Waals surface area contributed by atoms with Gasteiger partial charge in [0.15, 0.2) is 0 Å². The van der Waals surface area contributed by atoms with Gasteiger partial charge in [-0.05, 0) is 174 Å². The molecule has 3 heterocycles. The number of fused-ring (bicyclic) bond motifs is 6. The number of nitrogens with zero attached hydrogens (tertiary/aromatic N) is 3. The van der Waals surface area contributed by atoms with Crippen LogP contribution in [-0.4, -0.2) is 4.57 Å². The van der Waals surface area contributed by atoms with Gasteiger partial charge in [-0.25, -0.2) is 0 Å². The van der Waals surface area contributed by atoms with Crippen LogP contribution in [0.4, 0.5) is 34.1 Å². The lowest BCUT2D eigenvalue weighted by Crippen LogP contribution is -2.33. The summed E-state index contributed by atoms with van der Waals surface area (Å²) < 4.78 is 2.69. The van der Waals surface area contributed by atoms with Gasteiger partial charge in [-0.2, -0.15) is 0 Å². The number of para-hydroxylation sites is 1. The van der Waals surface area contributed by atoms with Crippen LogP contribution in [0, 0.1) is 0 Å². The normalized spacial score (nSPS) is 17.4. The monoisotopic (exact) mass is 1000 g/mol. The molecule has 0 N–H and O–H groups in total. The van der Waals surface area contributed by atoms with Gasteiger partial charge in [0.2, 0.25) is 0 Å². The van der Waals surface area contributed by atoms with Crippen molar-refractivity contribution in [2.24, 2.45) is 0 Å². The summed E-state index contributed by atoms with van der Waals surface area (Å²) in [5, 5.41) is 2.57. The van der Waals surface area contributed by atoms with Crippen LogP contribution in [0.1, 0.15) is 165 Å². The summed E-state index contributed by atoms with van der Waals surface area (Å²) in [6.45, 7) is 33.4. The molecule has 0 saturated carbocycles. The molecule has 0 amide bonds. The fourth-order valence-corrected chi connectivity index (χ4v) is 14.8. The van der Waals surface area contributed by atoms with Crippen LogP contribution in [0.2, 0.25) is 0 Å². The molecule has 0 radical (unpaired) electrons. The van der Waals surface area contributed by atoms with E-state index < -0.39 is 0 Å². The van der Waals surface area contributed by atoms with E-state index in [0.29, 0.717) is 0 Å². The van der Waals surface area contributed by atoms with E-state index in [4.69, 9.17) is 0 Å². The first-order valence-electron chi connectivity index (χ1n) is 28.4. The standard InChI is InChI=1S/C74H73N3/c1-69(2,3)44-26-30-46(31-27-44)75(48-35-37-60-55(38-48)53-21-16-18-23-59(53)71(60,7)8)50-39-56-57-40-51(43-65-67(57)77-66(56)64(42-50)73(11,12)61-24-19-25-62(68(61)77)74(65,13)14)76(47-32-28-45(29-33-47)70(4,5)6)49-34-36-54-52-20-15-17-22-58(52)72(9,10)63(54)41-49/h15,17-20,22-43H,16,21H2,1-14H3. The van der Waals surface area contributed by atoms with Gasteiger partial charge in [0.1, 0.15) is 0 Å². The van der Waals surface area contributed by atoms with E-state index in [1.54, 1.807) is 0 Å². The SMILES string of the molecule is CC(C)(C)c1ccc(N(c2ccc3c(c2)C2=C(C=CCC2)C3(C)C)c2cc3c4c(c2)c2cc(N(c5ccc(C(C)(C)C)cc5)c5ccc6c(c5)C(C)(C)c5ccccc5-6)cc5c2n4-c2c(cccc2C5(C)C)C3(C)C)cc1. The van der Waals surface area contributed by atoms with Crippen molar-refractivity contribution >= 4 is 61.5 Å². The molecule has 0 spiro atoms. The minimum absolute atomic E-state index is 0.0235. The average Bonchev–Trinajstić information content (AvgIpc) is 3.82. The Bertz CT molecular complexity index is 4090. The zero-order chi connectivity index (χ0) is 53.7. The molecular weight excluding hydrogens is 931 g/mol. The largest absolute Gasteiger partial charge is 0.310 e. The summed E-state index contributed by atoms with van der Waals surface area (Å²) in [5.74, 6) is 0. The van der Waals surface area contributed by atoms with Crippen LogP contribution in [-0.2, 0) is 32.5 Å². The predicted molar refractivity (Wildman–Crippen MR) is 328 cm³/mol. The Morgan fingerprint density at radius 1 is 0.390 bits per heavy atom. The van der Waals surface area contributed by atoms with Crippen molar-refractivity contribution in [2.45, 2.75) is 142 Å². The van der Waals surface area contributed by atoms with Crippen molar-refractivity contribution in [1.29, 1.82) is 0 Å². The molecule has 9 aromatic rings. The summed E-state index contributed by atoms with van der Waals surface area (Å²) >= 11 is 0. The molecule has 3 heteroatoms. The van der Waals surface area contributed by atoms with Crippen LogP contribution in [0.25, 0.3) is 44.2 Å². The van der Waals surface area contributed by atoms with E-state index in [-0.39, 0.29) is 32.5 Å². The Labute approximate surface area is 457 Å². The first-order chi connectivity index (χ1) is 36.5. The Morgan fingerprint density at radius 3 is 1.40 bits per heavy atom. The van der Waals surface area contributed by atoms with Crippen molar-refractivity contribution < 1.29 is 0 Å². The zero-order valence-electron chi connectivity index (χ0n) is 47.8. The molecule has 0 unspecified atom stereocenters. The summed E-state index contributed by atoms with van der Waals surface area (Å²) in [4.78, 5) is 5.12. The van der Waals surface area contributed by atoms with Gasteiger partial charge in [0.25, 0.3) is 0 Å². The van der Waals surface area contributed by atoms with E-state index in [1.807, 2.05) is 0 Å². The van der Waals surface area contributed by atoms with Gasteiger partial charge in [0.05, 0.1) is 16.7 Å². The number of allylic oxidation sites excluding steroid dienone is 4. The van der Waals surface area contributed by atoms with Crippen LogP contribution in [0.5, 0.6) is 0 Å². The molecular formula is C74H73N3. The molecule has 3 nitrogen and oxygen atoms in total. The third-order valence-corrected chi connectivity index (χ3v) is 19.3. The van der Waals surface area contributed by atoms with E-state index in [9.17, 15) is 0 Å². The fourth-order valence-electron chi connectivity index (χ4n) is 14.8. The maximum Gasteiger partial charge on any atom is 0.0583 e. The average molecular weight is 1000 g/mol. The molecule has 0 fully saturated rings. The molecule has 1 aromatic heterocycles. The maximum atomic E-state index is 2.69. The highest BCUT2D eigenvalue weighted by atomic mass is 15.2. The quantitative estimate of drug-likeness (QED) is 0.164. The van der Waals surface area contributed by atoms with Crippen molar-refractivity contribution in [2.75, 3.05) is 9.80 Å². The van der Waals surface area contributed by atoms with Crippen LogP contribution in [0.15, 0.2) is 169 Å². The molecule has 384 valence electrons. The second-order valence-corrected chi connectivity index (χ2v) is 27.4. The molecule has 0 bridgehead atoms. The number of rotatable bonds is 6. The highest BCUT2D eigenvalue weighted by molar-refractivity contribution is 6.16. The Morgan fingerprint density at radius 2 is 0.844 bits per heavy atom. The summed E-state index contributed by atoms with van der Waals surface area (Å²) in [6.07, 6.45) is 6.94. The number of benzene rings is 8. The first-order valence-corrected chi connectivity index (χ1v) is 28.4. The molecule has 0 atom stereocenters. The van der Waals surface area contributed by atoms with Gasteiger partial charge in [-0.15, -0.1) is 0 Å². The van der Waals surface area contributed by atoms with Gasteiger partial charge >= 0.3 is 0 Å². The second-order valence-electron chi connectivity index (χ2n) is 27.4. The minimum atomic E-state index is -0.301. The molecule has 14 rings (SSSR count). The number of aromatic nitrogens is 1. The minimum Gasteiger partial charge on any atom is -0.310 e. The lowest BCUT2D eigenvalue weighted by atomic mass is 9.68. The van der Waals surface area contributed by atoms with Crippen LogP contribution < -0.4 is 9.80 Å². The number of anilines is 6. The van der Waals surface area contributed by atoms with E-state index >= 15 is 0 Å². The van der Waals surface area contributed by atoms with Crippen molar-refractivity contribution in [1.82, 2.24) is 4.57 Å². The third-order valence-electron chi connectivity index (χ3n) is 19.3. The maximum absolute atomic E-state index is 2.69. The summed E-state index contributed by atoms with van der Waals surface area (Å²) in [7, 11) is 0. The Kier molecular flexibility index (Phi) is 9.77. The highest BCUT2D eigenvalue weighted by Crippen LogP contribution is 2.59. The van der Waals surface area contributed by atoms with Gasteiger partial charge in [-0.3, -0.25) is 0 Å². The number of hydrogen-bond acceptors (Lipinski definition) is 2. The second kappa shape index (κ2) is 15.7. The molecule has 3 aliphatic carbocycles. The van der Waals surface area contributed by atoms with Gasteiger partial charge < -0.3 is 14.4 Å². The summed E-state index contributed by atoms with van der Waals surface area (Å²) in [6, 6.07) is 59.8. The lowest BCUT2D eigenvalue weighted by Gasteiger charge is -2.42. The van der Waals surface area contributed by atoms with Gasteiger partial charge in [-0.1, -0.05) is 188 Å². The topological polar surface area (TPSA) is 11.4 Å². The lowest BCUT2D eigenvalue weighted by molar-refractivity contribution is 0.590. The molecule has 5 aliphatic rings. The molecule has 2 aliphatic heterocycles. The smallest absolute Gasteiger partial charge is 0.0583 e. The van der Waals surface area contributed by atoms with Crippen molar-refractivity contribution in [3.8, 4) is 16.8 Å². The van der Waals surface area contributed by atoms with E-state index in [0.717, 1.165) is 24.2 Å². The van der Waals surface area contributed by atoms with Gasteiger partial charge in [0, 0.05) is 66.6 Å². The first kappa shape index (κ1) is 48.0. The number of hydrogen-bond donors (Lipinski definition) is 0. The molecule has 8 aromatic carbocycles. The molecule has 77 heavy (non-hydrogen) atoms. The fraction of sp³-hybridized carbons (Fsp3) is 0.297. The predicted octanol–water partition coefficient (Wildman–Crippen LogP) is 20.3. The van der Waals surface area contributed by atoms with Crippen molar-refractivity contribution in [3.63, 3.8) is 0 Å². The van der Waals surface area contributed by atoms with Crippen LogP contribution in [0.3, 0.4) is 0 Å². The van der Waals surface area contributed by atoms with E-state index in [1.165, 1.54) is 128 Å².